The number of sulfonamides is 1. The van der Waals surface area contributed by atoms with Gasteiger partial charge >= 0.3 is 0 Å². The zero-order valence-corrected chi connectivity index (χ0v) is 18.3. The molecule has 8 heteroatoms. The Bertz CT molecular complexity index is 1130. The van der Waals surface area contributed by atoms with Crippen LogP contribution in [0, 0.1) is 18.3 Å². The van der Waals surface area contributed by atoms with Crippen LogP contribution in [0.2, 0.25) is 0 Å². The third-order valence-corrected chi connectivity index (χ3v) is 6.72. The molecule has 2 N–H and O–H groups in total. The Morgan fingerprint density at radius 2 is 1.81 bits per heavy atom. The summed E-state index contributed by atoms with van der Waals surface area (Å²) in [6, 6.07) is 16.1. The van der Waals surface area contributed by atoms with E-state index in [0.29, 0.717) is 24.1 Å². The lowest BCUT2D eigenvalue weighted by Gasteiger charge is -2.29. The highest BCUT2D eigenvalue weighted by Crippen LogP contribution is 2.21. The molecular formula is C24H25N3O4S. The fourth-order valence-electron chi connectivity index (χ4n) is 3.39. The fraction of sp³-hybridized carbons (Fsp3) is 0.250. The van der Waals surface area contributed by atoms with Gasteiger partial charge in [0.2, 0.25) is 21.8 Å². The van der Waals surface area contributed by atoms with E-state index < -0.39 is 10.0 Å². The van der Waals surface area contributed by atoms with E-state index in [0.717, 1.165) is 5.56 Å². The van der Waals surface area contributed by atoms with Crippen LogP contribution in [0.3, 0.4) is 0 Å². The molecule has 0 aliphatic carbocycles. The van der Waals surface area contributed by atoms with Gasteiger partial charge in [0.25, 0.3) is 0 Å². The Labute approximate surface area is 188 Å². The number of amides is 2. The highest BCUT2D eigenvalue weighted by molar-refractivity contribution is 7.92. The van der Waals surface area contributed by atoms with Gasteiger partial charge in [-0.25, -0.2) is 8.42 Å². The third kappa shape index (κ3) is 6.54. The summed E-state index contributed by atoms with van der Waals surface area (Å²) in [5.41, 5.74) is 2.00. The molecule has 0 bridgehead atoms. The van der Waals surface area contributed by atoms with Gasteiger partial charge in [-0.3, -0.25) is 9.59 Å². The second kappa shape index (κ2) is 10.8. The summed E-state index contributed by atoms with van der Waals surface area (Å²) in [4.78, 5) is 24.5. The van der Waals surface area contributed by atoms with Gasteiger partial charge in [-0.05, 0) is 42.7 Å². The fourth-order valence-corrected chi connectivity index (χ4v) is 4.61. The molecule has 2 aromatic carbocycles. The molecule has 0 aromatic heterocycles. The Balaban J connectivity index is 1.45. The van der Waals surface area contributed by atoms with E-state index in [9.17, 15) is 18.0 Å². The van der Waals surface area contributed by atoms with Gasteiger partial charge in [0, 0.05) is 35.7 Å². The third-order valence-electron chi connectivity index (χ3n) is 5.15. The molecule has 0 spiro atoms. The van der Waals surface area contributed by atoms with E-state index in [4.69, 9.17) is 6.42 Å². The second-order valence-corrected chi connectivity index (χ2v) is 9.24. The summed E-state index contributed by atoms with van der Waals surface area (Å²) >= 11 is 0. The van der Waals surface area contributed by atoms with Crippen LogP contribution in [-0.4, -0.2) is 44.2 Å². The predicted octanol–water partition coefficient (Wildman–Crippen LogP) is 2.44. The number of carbonyl (C=O) groups is 2. The molecule has 166 valence electrons. The molecule has 2 amide bonds. The molecule has 7 nitrogen and oxygen atoms in total. The van der Waals surface area contributed by atoms with Crippen molar-refractivity contribution in [3.63, 3.8) is 0 Å². The minimum absolute atomic E-state index is 0.169. The van der Waals surface area contributed by atoms with Gasteiger partial charge < -0.3 is 10.6 Å². The maximum Gasteiger partial charge on any atom is 0.243 e. The summed E-state index contributed by atoms with van der Waals surface area (Å²) < 4.78 is 26.5. The van der Waals surface area contributed by atoms with Crippen molar-refractivity contribution in [2.24, 2.45) is 5.92 Å². The van der Waals surface area contributed by atoms with E-state index in [1.807, 2.05) is 30.3 Å². The first kappa shape index (κ1) is 23.3. The maximum atomic E-state index is 12.5. The zero-order chi connectivity index (χ0) is 23.0. The molecule has 0 unspecified atom stereocenters. The summed E-state index contributed by atoms with van der Waals surface area (Å²) in [6.07, 6.45) is 7.71. The van der Waals surface area contributed by atoms with Gasteiger partial charge in [-0.15, -0.1) is 6.42 Å². The van der Waals surface area contributed by atoms with Crippen LogP contribution in [0.1, 0.15) is 24.0 Å². The molecule has 3 rings (SSSR count). The summed E-state index contributed by atoms with van der Waals surface area (Å²) in [6.45, 7) is 0.340. The second-order valence-electron chi connectivity index (χ2n) is 7.42. The highest BCUT2D eigenvalue weighted by Gasteiger charge is 2.30. The van der Waals surface area contributed by atoms with Crippen LogP contribution in [-0.2, 0) is 19.6 Å². The maximum absolute atomic E-state index is 12.5. The molecule has 2 aromatic rings. The Morgan fingerprint density at radius 3 is 2.50 bits per heavy atom. The van der Waals surface area contributed by atoms with E-state index >= 15 is 0 Å². The number of rotatable bonds is 7. The molecule has 1 aliphatic heterocycles. The van der Waals surface area contributed by atoms with Crippen LogP contribution in [0.15, 0.2) is 60.0 Å². The highest BCUT2D eigenvalue weighted by atomic mass is 32.2. The van der Waals surface area contributed by atoms with Crippen molar-refractivity contribution in [2.45, 2.75) is 12.8 Å². The van der Waals surface area contributed by atoms with Gasteiger partial charge in [0.15, 0.2) is 0 Å². The Kier molecular flexibility index (Phi) is 7.82. The zero-order valence-electron chi connectivity index (χ0n) is 17.5. The van der Waals surface area contributed by atoms with Crippen molar-refractivity contribution in [3.8, 4) is 12.3 Å². The quantitative estimate of drug-likeness (QED) is 0.632. The predicted molar refractivity (Wildman–Crippen MR) is 125 cm³/mol. The van der Waals surface area contributed by atoms with Gasteiger partial charge in [0.1, 0.15) is 0 Å². The molecule has 1 saturated heterocycles. The number of terminal acetylenes is 1. The first-order valence-electron chi connectivity index (χ1n) is 10.2. The molecule has 1 aliphatic rings. The molecule has 1 fully saturated rings. The lowest BCUT2D eigenvalue weighted by atomic mass is 9.97. The standard InChI is InChI=1S/C24H25N3O4S/c1-2-19-9-6-10-22(17-19)26-23(28)18-25-24(29)21-11-14-27(15-12-21)32(30,31)16-13-20-7-4-3-5-8-20/h1,3-10,13,16-17,21H,11-12,14-15,18H2,(H,25,29)(H,26,28)/b16-13+. The van der Waals surface area contributed by atoms with Crippen LogP contribution in [0.25, 0.3) is 6.08 Å². The molecular weight excluding hydrogens is 426 g/mol. The van der Waals surface area contributed by atoms with E-state index in [1.54, 1.807) is 30.3 Å². The first-order valence-corrected chi connectivity index (χ1v) is 11.8. The van der Waals surface area contributed by atoms with Crippen molar-refractivity contribution >= 4 is 33.6 Å². The number of carbonyl (C=O) groups excluding carboxylic acids is 2. The summed E-state index contributed by atoms with van der Waals surface area (Å²) in [7, 11) is -3.55. The summed E-state index contributed by atoms with van der Waals surface area (Å²) in [5, 5.41) is 6.51. The number of hydrogen-bond acceptors (Lipinski definition) is 4. The lowest BCUT2D eigenvalue weighted by molar-refractivity contribution is -0.128. The SMILES string of the molecule is C#Cc1cccc(NC(=O)CNC(=O)C2CCN(S(=O)(=O)/C=C/c3ccccc3)CC2)c1. The normalized spacial score (nSPS) is 15.2. The number of anilines is 1. The molecule has 0 atom stereocenters. The van der Waals surface area contributed by atoms with Crippen LogP contribution in [0.4, 0.5) is 5.69 Å². The first-order chi connectivity index (χ1) is 15.4. The van der Waals surface area contributed by atoms with Crippen LogP contribution < -0.4 is 10.6 Å². The minimum Gasteiger partial charge on any atom is -0.347 e. The van der Waals surface area contributed by atoms with Crippen molar-refractivity contribution in [1.29, 1.82) is 0 Å². The van der Waals surface area contributed by atoms with Crippen molar-refractivity contribution < 1.29 is 18.0 Å². The molecule has 0 radical (unpaired) electrons. The van der Waals surface area contributed by atoms with E-state index in [-0.39, 0.29) is 37.4 Å². The average molecular weight is 452 g/mol. The minimum atomic E-state index is -3.55. The molecule has 32 heavy (non-hydrogen) atoms. The van der Waals surface area contributed by atoms with Gasteiger partial charge in [-0.2, -0.15) is 4.31 Å². The summed E-state index contributed by atoms with van der Waals surface area (Å²) in [5.74, 6) is 1.54. The van der Waals surface area contributed by atoms with E-state index in [1.165, 1.54) is 9.71 Å². The largest absolute Gasteiger partial charge is 0.347 e. The number of benzene rings is 2. The van der Waals surface area contributed by atoms with E-state index in [2.05, 4.69) is 16.6 Å². The van der Waals surface area contributed by atoms with Crippen molar-refractivity contribution in [1.82, 2.24) is 9.62 Å². The number of nitrogens with zero attached hydrogens (tertiary/aromatic N) is 1. The van der Waals surface area contributed by atoms with Crippen LogP contribution in [0.5, 0.6) is 0 Å². The Morgan fingerprint density at radius 1 is 1.09 bits per heavy atom. The van der Waals surface area contributed by atoms with Crippen molar-refractivity contribution in [3.05, 3.63) is 71.1 Å². The number of piperidine rings is 1. The Hall–Kier alpha value is -3.41. The lowest BCUT2D eigenvalue weighted by Crippen LogP contribution is -2.43. The topological polar surface area (TPSA) is 95.6 Å². The van der Waals surface area contributed by atoms with Crippen LogP contribution >= 0.6 is 0 Å². The average Bonchev–Trinajstić information content (AvgIpc) is 2.82. The molecule has 1 heterocycles. The smallest absolute Gasteiger partial charge is 0.243 e. The number of nitrogens with one attached hydrogen (secondary N) is 2. The van der Waals surface area contributed by atoms with Gasteiger partial charge in [0.05, 0.1) is 6.54 Å². The monoisotopic (exact) mass is 451 g/mol. The number of hydrogen-bond donors (Lipinski definition) is 2. The van der Waals surface area contributed by atoms with Gasteiger partial charge in [-0.1, -0.05) is 42.3 Å². The van der Waals surface area contributed by atoms with Crippen molar-refractivity contribution in [2.75, 3.05) is 25.0 Å². The molecule has 0 saturated carbocycles.